The molecule has 0 spiro atoms. The Kier molecular flexibility index (Phi) is 11.1. The van der Waals surface area contributed by atoms with E-state index in [0.29, 0.717) is 22.5 Å². The Morgan fingerprint density at radius 1 is 0.423 bits per heavy atom. The van der Waals surface area contributed by atoms with Crippen LogP contribution in [0.1, 0.15) is 89.9 Å². The maximum atomic E-state index is 14.8. The SMILES string of the molecule is COc1cc2c(=O)n(-c3ccccc3)c(C3C(=O)c4ccc(C(C)(C)c5ccc6c(c5)C(=O)C(c5nc7c(OC)c(OC)c(OC)cc7c(=O)n5-c5ccccc5)C6=O)cc4C3=O)nc2c(OC)c1OC. The van der Waals surface area contributed by atoms with Gasteiger partial charge in [-0.05, 0) is 59.7 Å². The molecule has 0 aliphatic heterocycles. The number of Topliss-reactive ketones (excluding diaryl/α,β-unsaturated/α-hetero) is 4. The molecule has 2 unspecified atom stereocenters. The first kappa shape index (κ1) is 45.8. The lowest BCUT2D eigenvalue weighted by atomic mass is 9.76. The van der Waals surface area contributed by atoms with E-state index in [0.717, 1.165) is 0 Å². The number of nitrogens with zero attached hydrogens (tertiary/aromatic N) is 4. The molecule has 2 aromatic heterocycles. The molecule has 71 heavy (non-hydrogen) atoms. The highest BCUT2D eigenvalue weighted by atomic mass is 16.5. The van der Waals surface area contributed by atoms with E-state index >= 15 is 0 Å². The van der Waals surface area contributed by atoms with Crippen LogP contribution in [0.5, 0.6) is 34.5 Å². The van der Waals surface area contributed by atoms with E-state index in [-0.39, 0.29) is 90.2 Å². The molecule has 16 nitrogen and oxygen atoms in total. The number of aromatic nitrogens is 4. The Morgan fingerprint density at radius 3 is 1.11 bits per heavy atom. The van der Waals surface area contributed by atoms with Crippen molar-refractivity contribution in [1.29, 1.82) is 0 Å². The quantitative estimate of drug-likeness (QED) is 0.108. The number of rotatable bonds is 12. The van der Waals surface area contributed by atoms with Crippen molar-refractivity contribution in [1.82, 2.24) is 19.1 Å². The van der Waals surface area contributed by atoms with Crippen molar-refractivity contribution < 1.29 is 47.6 Å². The monoisotopic (exact) mass is 952 g/mol. The fourth-order valence-electron chi connectivity index (χ4n) is 9.85. The molecular weight excluding hydrogens is 909 g/mol. The molecule has 2 atom stereocenters. The predicted octanol–water partition coefficient (Wildman–Crippen LogP) is 7.79. The van der Waals surface area contributed by atoms with Gasteiger partial charge in [0.1, 0.15) is 34.5 Å². The van der Waals surface area contributed by atoms with E-state index in [4.69, 9.17) is 38.4 Å². The summed E-state index contributed by atoms with van der Waals surface area (Å²) in [6.07, 6.45) is 0. The van der Waals surface area contributed by atoms with E-state index < -0.39 is 51.5 Å². The summed E-state index contributed by atoms with van der Waals surface area (Å²) in [6, 6.07) is 30.1. The molecule has 356 valence electrons. The molecule has 10 rings (SSSR count). The van der Waals surface area contributed by atoms with Crippen LogP contribution in [0, 0.1) is 0 Å². The minimum Gasteiger partial charge on any atom is -0.493 e. The number of benzene rings is 6. The smallest absolute Gasteiger partial charge is 0.266 e. The molecule has 8 aromatic rings. The number of methoxy groups -OCH3 is 6. The number of carbonyl (C=O) groups excluding carboxylic acids is 4. The second-order valence-corrected chi connectivity index (χ2v) is 17.4. The predicted molar refractivity (Wildman–Crippen MR) is 262 cm³/mol. The van der Waals surface area contributed by atoms with E-state index in [1.54, 1.807) is 97.1 Å². The van der Waals surface area contributed by atoms with E-state index in [1.165, 1.54) is 63.9 Å². The zero-order valence-electron chi connectivity index (χ0n) is 39.7. The van der Waals surface area contributed by atoms with Gasteiger partial charge in [-0.25, -0.2) is 9.97 Å². The van der Waals surface area contributed by atoms with Crippen LogP contribution in [0.15, 0.2) is 119 Å². The van der Waals surface area contributed by atoms with Crippen LogP contribution >= 0.6 is 0 Å². The second-order valence-electron chi connectivity index (χ2n) is 17.4. The van der Waals surface area contributed by atoms with Crippen LogP contribution in [0.4, 0.5) is 0 Å². The third kappa shape index (κ3) is 6.80. The van der Waals surface area contributed by atoms with Crippen molar-refractivity contribution in [2.75, 3.05) is 42.7 Å². The first-order valence-corrected chi connectivity index (χ1v) is 22.3. The molecular formula is C55H44N4O12. The fraction of sp³-hybridized carbons (Fsp3) is 0.200. The largest absolute Gasteiger partial charge is 0.493 e. The maximum absolute atomic E-state index is 14.8. The lowest BCUT2D eigenvalue weighted by Crippen LogP contribution is -2.29. The Balaban J connectivity index is 1.06. The summed E-state index contributed by atoms with van der Waals surface area (Å²) in [6.45, 7) is 3.79. The lowest BCUT2D eigenvalue weighted by Gasteiger charge is -2.27. The van der Waals surface area contributed by atoms with Gasteiger partial charge in [0, 0.05) is 27.7 Å². The van der Waals surface area contributed by atoms with Gasteiger partial charge >= 0.3 is 0 Å². The van der Waals surface area contributed by atoms with E-state index in [9.17, 15) is 28.8 Å². The van der Waals surface area contributed by atoms with Gasteiger partial charge in [0.05, 0.1) is 64.8 Å². The molecule has 0 bridgehead atoms. The number of hydrogen-bond acceptors (Lipinski definition) is 14. The molecule has 0 fully saturated rings. The molecule has 16 heteroatoms. The maximum Gasteiger partial charge on any atom is 0.266 e. The highest BCUT2D eigenvalue weighted by Crippen LogP contribution is 2.46. The highest BCUT2D eigenvalue weighted by Gasteiger charge is 2.46. The Bertz CT molecular complexity index is 3490. The number of fused-ring (bicyclic) bond motifs is 4. The van der Waals surface area contributed by atoms with Crippen LogP contribution in [-0.4, -0.2) is 84.9 Å². The van der Waals surface area contributed by atoms with Crippen molar-refractivity contribution in [2.24, 2.45) is 0 Å². The minimum atomic E-state index is -1.51. The molecule has 2 aliphatic carbocycles. The number of ketones is 4. The minimum absolute atomic E-state index is 0.0722. The first-order valence-electron chi connectivity index (χ1n) is 22.3. The molecule has 2 heterocycles. The van der Waals surface area contributed by atoms with Crippen LogP contribution in [0.2, 0.25) is 0 Å². The molecule has 2 aliphatic rings. The van der Waals surface area contributed by atoms with Crippen molar-refractivity contribution in [3.8, 4) is 45.9 Å². The molecule has 0 radical (unpaired) electrons. The average Bonchev–Trinajstić information content (AvgIpc) is 3.79. The molecule has 0 N–H and O–H groups in total. The fourth-order valence-corrected chi connectivity index (χ4v) is 9.85. The van der Waals surface area contributed by atoms with E-state index in [2.05, 4.69) is 0 Å². The van der Waals surface area contributed by atoms with Gasteiger partial charge in [-0.3, -0.25) is 37.9 Å². The van der Waals surface area contributed by atoms with Crippen LogP contribution in [-0.2, 0) is 5.41 Å². The van der Waals surface area contributed by atoms with Gasteiger partial charge in [0.2, 0.25) is 11.5 Å². The molecule has 0 amide bonds. The summed E-state index contributed by atoms with van der Waals surface area (Å²) >= 11 is 0. The summed E-state index contributed by atoms with van der Waals surface area (Å²) in [5.41, 5.74) is 0.588. The highest BCUT2D eigenvalue weighted by molar-refractivity contribution is 6.30. The van der Waals surface area contributed by atoms with Gasteiger partial charge in [-0.1, -0.05) is 74.5 Å². The zero-order chi connectivity index (χ0) is 50.2. The zero-order valence-corrected chi connectivity index (χ0v) is 39.7. The lowest BCUT2D eigenvalue weighted by molar-refractivity contribution is 0.0868. The molecule has 0 saturated heterocycles. The first-order chi connectivity index (χ1) is 34.2. The van der Waals surface area contributed by atoms with Crippen LogP contribution in [0.25, 0.3) is 33.2 Å². The third-order valence-electron chi connectivity index (χ3n) is 13.5. The Labute approximate surface area is 404 Å². The van der Waals surface area contributed by atoms with Gasteiger partial charge in [-0.2, -0.15) is 0 Å². The van der Waals surface area contributed by atoms with Crippen molar-refractivity contribution >= 4 is 44.9 Å². The summed E-state index contributed by atoms with van der Waals surface area (Å²) in [7, 11) is 8.45. The summed E-state index contributed by atoms with van der Waals surface area (Å²) in [4.78, 5) is 97.5. The van der Waals surface area contributed by atoms with Crippen LogP contribution < -0.4 is 39.5 Å². The summed E-state index contributed by atoms with van der Waals surface area (Å²) in [5.74, 6) is -4.55. The summed E-state index contributed by atoms with van der Waals surface area (Å²) < 4.78 is 36.2. The van der Waals surface area contributed by atoms with Crippen molar-refractivity contribution in [3.05, 3.63) is 175 Å². The number of para-hydroxylation sites is 2. The normalized spacial score (nSPS) is 15.3. The molecule has 6 aromatic carbocycles. The summed E-state index contributed by atoms with van der Waals surface area (Å²) in [5, 5.41) is 0.210. The molecule has 0 saturated carbocycles. The van der Waals surface area contributed by atoms with Crippen LogP contribution in [0.3, 0.4) is 0 Å². The van der Waals surface area contributed by atoms with Gasteiger partial charge in [0.15, 0.2) is 46.1 Å². The van der Waals surface area contributed by atoms with Gasteiger partial charge in [0.25, 0.3) is 11.1 Å². The van der Waals surface area contributed by atoms with Gasteiger partial charge < -0.3 is 28.4 Å². The third-order valence-corrected chi connectivity index (χ3v) is 13.5. The van der Waals surface area contributed by atoms with Gasteiger partial charge in [-0.15, -0.1) is 0 Å². The Morgan fingerprint density at radius 2 is 0.775 bits per heavy atom. The van der Waals surface area contributed by atoms with Crippen molar-refractivity contribution in [2.45, 2.75) is 31.1 Å². The Hall–Kier alpha value is -8.92. The number of ether oxygens (including phenoxy) is 6. The van der Waals surface area contributed by atoms with Crippen molar-refractivity contribution in [3.63, 3.8) is 0 Å². The van der Waals surface area contributed by atoms with E-state index in [1.807, 2.05) is 13.8 Å². The standard InChI is InChI=1S/C55H44N4O12/c1-55(2,27-19-21-31-33(23-27)45(62)39(43(31)60)51-56-41-35(25-37(66-3)47(68-5)49(41)70-7)53(64)58(51)29-15-11-9-12-16-29)28-20-22-32-34(24-28)46(63)40(44(32)61)52-57-42-36(26-38(67-4)48(69-6)50(42)71-8)54(65)59(52)30-17-13-10-14-18-30/h9-26,39-40H,1-8H3. The number of carbonyl (C=O) groups is 4. The second kappa shape index (κ2) is 17.2. The number of hydrogen-bond donors (Lipinski definition) is 0. The topological polar surface area (TPSA) is 193 Å². The average molecular weight is 953 g/mol.